The Labute approximate surface area is 179 Å². The molecule has 1 fully saturated rings. The van der Waals surface area contributed by atoms with Gasteiger partial charge in [-0.3, -0.25) is 9.59 Å². The normalized spacial score (nSPS) is 14.0. The largest absolute Gasteiger partial charge is 0.378 e. The van der Waals surface area contributed by atoms with Crippen molar-refractivity contribution in [2.75, 3.05) is 31.2 Å². The molecule has 0 aliphatic carbocycles. The molecule has 0 radical (unpaired) electrons. The molecule has 6 heteroatoms. The van der Waals surface area contributed by atoms with Gasteiger partial charge >= 0.3 is 0 Å². The number of morpholine rings is 1. The van der Waals surface area contributed by atoms with Gasteiger partial charge in [0.25, 0.3) is 5.56 Å². The number of aromatic nitrogens is 2. The van der Waals surface area contributed by atoms with Crippen molar-refractivity contribution in [3.63, 3.8) is 0 Å². The zero-order valence-electron chi connectivity index (χ0n) is 16.9. The zero-order valence-corrected chi connectivity index (χ0v) is 16.9. The third-order valence-corrected chi connectivity index (χ3v) is 5.60. The fraction of sp³-hybridized carbons (Fsp3) is 0.160. The molecule has 1 saturated heterocycles. The van der Waals surface area contributed by atoms with Gasteiger partial charge in [-0.05, 0) is 24.3 Å². The first kappa shape index (κ1) is 19.2. The molecular formula is C25H21N3O3. The second-order valence-corrected chi connectivity index (χ2v) is 7.44. The van der Waals surface area contributed by atoms with Crippen LogP contribution in [0.2, 0.25) is 0 Å². The SMILES string of the molecule is O=Cc1ccc(N2CCOCC2)cc1-n1nc(-c2ccccc2)c2ccccc2c1=O. The summed E-state index contributed by atoms with van der Waals surface area (Å²) in [6.07, 6.45) is 0.768. The number of hydrogen-bond donors (Lipinski definition) is 0. The Morgan fingerprint density at radius 1 is 0.871 bits per heavy atom. The van der Waals surface area contributed by atoms with Crippen molar-refractivity contribution in [3.8, 4) is 16.9 Å². The molecule has 0 atom stereocenters. The van der Waals surface area contributed by atoms with Crippen LogP contribution in [0.25, 0.3) is 27.7 Å². The van der Waals surface area contributed by atoms with Crippen LogP contribution in [0.15, 0.2) is 77.6 Å². The number of hydrogen-bond acceptors (Lipinski definition) is 5. The lowest BCUT2D eigenvalue weighted by Gasteiger charge is -2.29. The van der Waals surface area contributed by atoms with Gasteiger partial charge < -0.3 is 9.64 Å². The smallest absolute Gasteiger partial charge is 0.279 e. The highest BCUT2D eigenvalue weighted by Crippen LogP contribution is 2.27. The summed E-state index contributed by atoms with van der Waals surface area (Å²) in [4.78, 5) is 27.4. The van der Waals surface area contributed by atoms with E-state index in [1.807, 2.05) is 60.7 Å². The van der Waals surface area contributed by atoms with Crippen LogP contribution < -0.4 is 10.5 Å². The molecule has 0 saturated carbocycles. The number of anilines is 1. The number of carbonyl (C=O) groups excluding carboxylic acids is 1. The minimum atomic E-state index is -0.252. The molecule has 4 aromatic rings. The van der Waals surface area contributed by atoms with Gasteiger partial charge in [-0.1, -0.05) is 48.5 Å². The average Bonchev–Trinajstić information content (AvgIpc) is 2.85. The highest BCUT2D eigenvalue weighted by atomic mass is 16.5. The van der Waals surface area contributed by atoms with Crippen LogP contribution in [-0.2, 0) is 4.74 Å². The topological polar surface area (TPSA) is 64.4 Å². The molecule has 0 N–H and O–H groups in total. The van der Waals surface area contributed by atoms with Gasteiger partial charge in [-0.25, -0.2) is 0 Å². The molecule has 154 valence electrons. The maximum Gasteiger partial charge on any atom is 0.279 e. The Hall–Kier alpha value is -3.77. The average molecular weight is 411 g/mol. The van der Waals surface area contributed by atoms with E-state index in [-0.39, 0.29) is 5.56 Å². The van der Waals surface area contributed by atoms with Crippen LogP contribution >= 0.6 is 0 Å². The quantitative estimate of drug-likeness (QED) is 0.479. The van der Waals surface area contributed by atoms with Gasteiger partial charge in [0, 0.05) is 35.3 Å². The second kappa shape index (κ2) is 8.16. The Balaban J connectivity index is 1.76. The van der Waals surface area contributed by atoms with E-state index in [9.17, 15) is 9.59 Å². The van der Waals surface area contributed by atoms with Gasteiger partial charge in [0.05, 0.1) is 30.0 Å². The van der Waals surface area contributed by atoms with E-state index < -0.39 is 0 Å². The first-order valence-corrected chi connectivity index (χ1v) is 10.3. The lowest BCUT2D eigenvalue weighted by atomic mass is 10.0. The number of benzene rings is 3. The molecule has 1 aliphatic heterocycles. The molecule has 31 heavy (non-hydrogen) atoms. The van der Waals surface area contributed by atoms with Crippen molar-refractivity contribution < 1.29 is 9.53 Å². The monoisotopic (exact) mass is 411 g/mol. The molecule has 0 bridgehead atoms. The number of carbonyl (C=O) groups is 1. The third-order valence-electron chi connectivity index (χ3n) is 5.60. The van der Waals surface area contributed by atoms with Gasteiger partial charge in [0.15, 0.2) is 6.29 Å². The molecule has 5 rings (SSSR count). The Morgan fingerprint density at radius 2 is 1.58 bits per heavy atom. The molecule has 2 heterocycles. The van der Waals surface area contributed by atoms with Crippen LogP contribution in [0.3, 0.4) is 0 Å². The minimum Gasteiger partial charge on any atom is -0.378 e. The number of rotatable bonds is 4. The van der Waals surface area contributed by atoms with E-state index in [1.54, 1.807) is 12.1 Å². The van der Waals surface area contributed by atoms with E-state index in [0.29, 0.717) is 35.5 Å². The molecule has 1 aliphatic rings. The number of nitrogens with zero attached hydrogens (tertiary/aromatic N) is 3. The summed E-state index contributed by atoms with van der Waals surface area (Å²) in [6.45, 7) is 2.82. The van der Waals surface area contributed by atoms with Crippen molar-refractivity contribution >= 4 is 22.7 Å². The third kappa shape index (κ3) is 3.51. The van der Waals surface area contributed by atoms with E-state index in [2.05, 4.69) is 4.90 Å². The first-order valence-electron chi connectivity index (χ1n) is 10.3. The van der Waals surface area contributed by atoms with E-state index >= 15 is 0 Å². The van der Waals surface area contributed by atoms with Crippen LogP contribution in [0, 0.1) is 0 Å². The van der Waals surface area contributed by atoms with E-state index in [0.717, 1.165) is 36.0 Å². The predicted molar refractivity (Wildman–Crippen MR) is 121 cm³/mol. The van der Waals surface area contributed by atoms with Gasteiger partial charge in [0.1, 0.15) is 0 Å². The van der Waals surface area contributed by atoms with Crippen molar-refractivity contribution in [1.82, 2.24) is 9.78 Å². The van der Waals surface area contributed by atoms with Gasteiger partial charge in [-0.2, -0.15) is 9.78 Å². The van der Waals surface area contributed by atoms with Gasteiger partial charge in [-0.15, -0.1) is 0 Å². The summed E-state index contributed by atoms with van der Waals surface area (Å²) in [6, 6.07) is 22.7. The summed E-state index contributed by atoms with van der Waals surface area (Å²) in [5.41, 5.74) is 3.19. The summed E-state index contributed by atoms with van der Waals surface area (Å²) >= 11 is 0. The van der Waals surface area contributed by atoms with Crippen molar-refractivity contribution in [1.29, 1.82) is 0 Å². The standard InChI is InChI=1S/C25H21N3O3/c29-17-19-10-11-20(27-12-14-31-15-13-27)16-23(19)28-25(30)22-9-5-4-8-21(22)24(26-28)18-6-2-1-3-7-18/h1-11,16-17H,12-15H2. The zero-order chi connectivity index (χ0) is 21.2. The Morgan fingerprint density at radius 3 is 2.32 bits per heavy atom. The summed E-state index contributed by atoms with van der Waals surface area (Å²) in [5.74, 6) is 0. The highest BCUT2D eigenvalue weighted by molar-refractivity contribution is 5.94. The number of fused-ring (bicyclic) bond motifs is 1. The van der Waals surface area contributed by atoms with Crippen LogP contribution in [0.4, 0.5) is 5.69 Å². The molecule has 0 amide bonds. The number of aldehydes is 1. The van der Waals surface area contributed by atoms with Gasteiger partial charge in [0.2, 0.25) is 0 Å². The molecule has 0 spiro atoms. The predicted octanol–water partition coefficient (Wildman–Crippen LogP) is 3.70. The summed E-state index contributed by atoms with van der Waals surface area (Å²) < 4.78 is 6.81. The molecule has 0 unspecified atom stereocenters. The minimum absolute atomic E-state index is 0.252. The van der Waals surface area contributed by atoms with Crippen LogP contribution in [0.1, 0.15) is 10.4 Å². The van der Waals surface area contributed by atoms with Crippen LogP contribution in [-0.4, -0.2) is 42.4 Å². The van der Waals surface area contributed by atoms with E-state index in [1.165, 1.54) is 4.68 Å². The summed E-state index contributed by atoms with van der Waals surface area (Å²) in [5, 5.41) is 6.08. The van der Waals surface area contributed by atoms with Crippen molar-refractivity contribution in [3.05, 3.63) is 88.7 Å². The molecule has 3 aromatic carbocycles. The summed E-state index contributed by atoms with van der Waals surface area (Å²) in [7, 11) is 0. The highest BCUT2D eigenvalue weighted by Gasteiger charge is 2.18. The Bertz CT molecular complexity index is 1310. The lowest BCUT2D eigenvalue weighted by Crippen LogP contribution is -2.36. The maximum atomic E-state index is 13.4. The molecule has 6 nitrogen and oxygen atoms in total. The molecule has 1 aromatic heterocycles. The maximum absolute atomic E-state index is 13.4. The Kier molecular flexibility index (Phi) is 5.06. The van der Waals surface area contributed by atoms with Crippen molar-refractivity contribution in [2.24, 2.45) is 0 Å². The van der Waals surface area contributed by atoms with Crippen LogP contribution in [0.5, 0.6) is 0 Å². The number of ether oxygens (including phenoxy) is 1. The fourth-order valence-electron chi connectivity index (χ4n) is 4.00. The van der Waals surface area contributed by atoms with Crippen molar-refractivity contribution in [2.45, 2.75) is 0 Å². The fourth-order valence-corrected chi connectivity index (χ4v) is 4.00. The lowest BCUT2D eigenvalue weighted by molar-refractivity contribution is 0.112. The molecular weight excluding hydrogens is 390 g/mol. The van der Waals surface area contributed by atoms with E-state index in [4.69, 9.17) is 9.84 Å². The second-order valence-electron chi connectivity index (χ2n) is 7.44. The first-order chi connectivity index (χ1) is 15.3.